The van der Waals surface area contributed by atoms with Crippen LogP contribution in [-0.4, -0.2) is 67.0 Å². The number of aryl methyl sites for hydroxylation is 1. The van der Waals surface area contributed by atoms with Crippen LogP contribution in [0.2, 0.25) is 0 Å². The van der Waals surface area contributed by atoms with Crippen LogP contribution in [0.1, 0.15) is 50.1 Å². The highest BCUT2D eigenvalue weighted by Crippen LogP contribution is 2.37. The summed E-state index contributed by atoms with van der Waals surface area (Å²) >= 11 is 0. The molecule has 6 rings (SSSR count). The van der Waals surface area contributed by atoms with E-state index in [1.54, 1.807) is 6.07 Å². The van der Waals surface area contributed by atoms with E-state index in [0.29, 0.717) is 28.8 Å². The number of aromatic nitrogens is 5. The first-order chi connectivity index (χ1) is 18.3. The minimum atomic E-state index is -0.584. The number of nitrogens with zero attached hydrogens (tertiary/aromatic N) is 7. The van der Waals surface area contributed by atoms with Gasteiger partial charge in [-0.25, -0.2) is 23.7 Å². The van der Waals surface area contributed by atoms with Crippen molar-refractivity contribution in [1.29, 1.82) is 0 Å². The molecule has 7 nitrogen and oxygen atoms in total. The average Bonchev–Trinajstić information content (AvgIpc) is 3.44. The van der Waals surface area contributed by atoms with Gasteiger partial charge in [0.15, 0.2) is 11.6 Å². The van der Waals surface area contributed by atoms with Crippen LogP contribution >= 0.6 is 0 Å². The lowest BCUT2D eigenvalue weighted by molar-refractivity contribution is 0.132. The normalized spacial score (nSPS) is 17.8. The minimum absolute atomic E-state index is 0.0880. The Morgan fingerprint density at radius 3 is 2.45 bits per heavy atom. The molecule has 1 aromatic carbocycles. The fourth-order valence-corrected chi connectivity index (χ4v) is 5.72. The number of halogens is 2. The summed E-state index contributed by atoms with van der Waals surface area (Å²) in [7, 11) is 0. The van der Waals surface area contributed by atoms with Crippen molar-refractivity contribution in [1.82, 2.24) is 34.3 Å². The number of imidazole rings is 1. The second kappa shape index (κ2) is 9.78. The minimum Gasteiger partial charge on any atom is -0.322 e. The molecule has 0 saturated carbocycles. The number of hydrogen-bond donors (Lipinski definition) is 0. The van der Waals surface area contributed by atoms with Crippen LogP contribution in [0, 0.1) is 11.6 Å². The van der Waals surface area contributed by atoms with Crippen LogP contribution in [0.25, 0.3) is 22.3 Å². The summed E-state index contributed by atoms with van der Waals surface area (Å²) < 4.78 is 32.1. The molecular weight excluding hydrogens is 484 g/mol. The van der Waals surface area contributed by atoms with E-state index < -0.39 is 11.6 Å². The maximum atomic E-state index is 15.1. The second-order valence-electron chi connectivity index (χ2n) is 11.0. The highest BCUT2D eigenvalue weighted by Gasteiger charge is 2.33. The lowest BCUT2D eigenvalue weighted by atomic mass is 10.0. The summed E-state index contributed by atoms with van der Waals surface area (Å²) in [5.74, 6) is 0.252. The Labute approximate surface area is 221 Å². The number of piperazine rings is 1. The summed E-state index contributed by atoms with van der Waals surface area (Å²) in [5.41, 5.74) is 3.26. The van der Waals surface area contributed by atoms with Gasteiger partial charge >= 0.3 is 0 Å². The Kier molecular flexibility index (Phi) is 6.44. The first-order valence-corrected chi connectivity index (χ1v) is 13.4. The molecule has 198 valence electrons. The van der Waals surface area contributed by atoms with E-state index in [4.69, 9.17) is 0 Å². The Hall–Kier alpha value is -3.30. The van der Waals surface area contributed by atoms with E-state index in [9.17, 15) is 4.39 Å². The topological polar surface area (TPSA) is 63.0 Å². The van der Waals surface area contributed by atoms with Crippen molar-refractivity contribution in [2.24, 2.45) is 0 Å². The fraction of sp³-hybridized carbons (Fsp3) is 0.448. The van der Waals surface area contributed by atoms with Gasteiger partial charge in [0.2, 0.25) is 0 Å². The molecule has 1 fully saturated rings. The fourth-order valence-electron chi connectivity index (χ4n) is 5.72. The van der Waals surface area contributed by atoms with Crippen LogP contribution in [0.4, 0.5) is 8.78 Å². The van der Waals surface area contributed by atoms with Gasteiger partial charge in [0, 0.05) is 62.1 Å². The number of likely N-dealkylation sites (N-methyl/N-ethyl adjacent to an activating group) is 1. The largest absolute Gasteiger partial charge is 0.322 e. The van der Waals surface area contributed by atoms with Gasteiger partial charge in [-0.15, -0.1) is 0 Å². The Bertz CT molecular complexity index is 1470. The molecule has 2 aliphatic rings. The number of pyridine rings is 1. The van der Waals surface area contributed by atoms with Gasteiger partial charge in [-0.2, -0.15) is 0 Å². The van der Waals surface area contributed by atoms with Crippen LogP contribution < -0.4 is 0 Å². The van der Waals surface area contributed by atoms with E-state index in [0.717, 1.165) is 69.8 Å². The van der Waals surface area contributed by atoms with Crippen molar-refractivity contribution < 1.29 is 8.78 Å². The Morgan fingerprint density at radius 1 is 0.921 bits per heavy atom. The van der Waals surface area contributed by atoms with E-state index in [1.807, 2.05) is 12.3 Å². The van der Waals surface area contributed by atoms with Crippen molar-refractivity contribution in [3.63, 3.8) is 0 Å². The van der Waals surface area contributed by atoms with Gasteiger partial charge in [0.05, 0.1) is 18.1 Å². The van der Waals surface area contributed by atoms with Crippen molar-refractivity contribution in [2.75, 3.05) is 32.7 Å². The first-order valence-electron chi connectivity index (χ1n) is 13.4. The molecule has 0 aliphatic carbocycles. The highest BCUT2D eigenvalue weighted by molar-refractivity contribution is 5.83. The SMILES string of the molecule is CCN1CCN(Cc2ccc(Cc3ncc(F)c(-c4cc(F)c5nc6n(c5c4)C(C)(C)CC6)n3)nc2)CC1. The molecule has 2 aliphatic heterocycles. The van der Waals surface area contributed by atoms with Gasteiger partial charge in [-0.1, -0.05) is 13.0 Å². The molecular formula is C29H33F2N7. The zero-order chi connectivity index (χ0) is 26.4. The molecule has 0 atom stereocenters. The third kappa shape index (κ3) is 4.69. The number of rotatable bonds is 6. The Morgan fingerprint density at radius 2 is 1.71 bits per heavy atom. The number of hydrogen-bond acceptors (Lipinski definition) is 6. The molecule has 0 bridgehead atoms. The molecule has 0 N–H and O–H groups in total. The van der Waals surface area contributed by atoms with E-state index in [-0.39, 0.29) is 11.2 Å². The Balaban J connectivity index is 1.22. The second-order valence-corrected chi connectivity index (χ2v) is 11.0. The van der Waals surface area contributed by atoms with Crippen molar-refractivity contribution in [3.05, 3.63) is 71.2 Å². The standard InChI is InChI=1S/C29H33F2N7/c1-4-36-9-11-37(12-10-36)18-19-5-6-21(32-16-19)15-25-33-17-23(31)27(34-25)20-13-22(30)28-24(14-20)38-26(35-28)7-8-29(38,2)3/h5-6,13-14,16-17H,4,7-12,15,18H2,1-3H3. The molecule has 38 heavy (non-hydrogen) atoms. The lowest BCUT2D eigenvalue weighted by Crippen LogP contribution is -2.45. The molecule has 0 amide bonds. The summed E-state index contributed by atoms with van der Waals surface area (Å²) in [4.78, 5) is 22.7. The maximum absolute atomic E-state index is 15.1. The molecule has 9 heteroatoms. The quantitative estimate of drug-likeness (QED) is 0.373. The molecule has 4 aromatic rings. The van der Waals surface area contributed by atoms with Crippen LogP contribution in [0.5, 0.6) is 0 Å². The zero-order valence-electron chi connectivity index (χ0n) is 22.2. The van der Waals surface area contributed by atoms with Crippen LogP contribution in [0.15, 0.2) is 36.7 Å². The van der Waals surface area contributed by atoms with Crippen LogP contribution in [0.3, 0.4) is 0 Å². The smallest absolute Gasteiger partial charge is 0.167 e. The van der Waals surface area contributed by atoms with Crippen molar-refractivity contribution in [3.8, 4) is 11.3 Å². The van der Waals surface area contributed by atoms with E-state index >= 15 is 4.39 Å². The molecule has 0 spiro atoms. The van der Waals surface area contributed by atoms with E-state index in [1.165, 1.54) is 11.6 Å². The van der Waals surface area contributed by atoms with Gasteiger partial charge < -0.3 is 9.47 Å². The summed E-state index contributed by atoms with van der Waals surface area (Å²) in [6.07, 6.45) is 5.16. The molecule has 5 heterocycles. The lowest BCUT2D eigenvalue weighted by Gasteiger charge is -2.33. The third-order valence-corrected chi connectivity index (χ3v) is 7.96. The summed E-state index contributed by atoms with van der Waals surface area (Å²) in [6.45, 7) is 12.7. The van der Waals surface area contributed by atoms with Crippen LogP contribution in [-0.2, 0) is 24.9 Å². The zero-order valence-corrected chi connectivity index (χ0v) is 22.2. The molecule has 1 saturated heterocycles. The summed E-state index contributed by atoms with van der Waals surface area (Å²) in [5, 5.41) is 0. The monoisotopic (exact) mass is 517 g/mol. The van der Waals surface area contributed by atoms with Gasteiger partial charge in [0.25, 0.3) is 0 Å². The molecule has 0 radical (unpaired) electrons. The molecule has 0 unspecified atom stereocenters. The number of benzene rings is 1. The molecule has 3 aromatic heterocycles. The maximum Gasteiger partial charge on any atom is 0.167 e. The highest BCUT2D eigenvalue weighted by atomic mass is 19.1. The third-order valence-electron chi connectivity index (χ3n) is 7.96. The predicted octanol–water partition coefficient (Wildman–Crippen LogP) is 4.58. The van der Waals surface area contributed by atoms with Gasteiger partial charge in [0.1, 0.15) is 22.9 Å². The van der Waals surface area contributed by atoms with Gasteiger partial charge in [-0.3, -0.25) is 9.88 Å². The average molecular weight is 518 g/mol. The summed E-state index contributed by atoms with van der Waals surface area (Å²) in [6, 6.07) is 7.18. The van der Waals surface area contributed by atoms with E-state index in [2.05, 4.69) is 61.1 Å². The predicted molar refractivity (Wildman–Crippen MR) is 143 cm³/mol. The van der Waals surface area contributed by atoms with Crippen molar-refractivity contribution >= 4 is 11.0 Å². The van der Waals surface area contributed by atoms with Gasteiger partial charge in [-0.05, 0) is 50.6 Å². The first kappa shape index (κ1) is 25.0. The number of fused-ring (bicyclic) bond motifs is 3. The van der Waals surface area contributed by atoms with Crippen molar-refractivity contribution in [2.45, 2.75) is 52.1 Å².